The Labute approximate surface area is 75.5 Å². The van der Waals surface area contributed by atoms with Crippen molar-refractivity contribution in [3.05, 3.63) is 0 Å². The summed E-state index contributed by atoms with van der Waals surface area (Å²) in [5.74, 6) is 0.858. The molecule has 1 aliphatic rings. The second kappa shape index (κ2) is 4.83. The van der Waals surface area contributed by atoms with E-state index in [2.05, 4.69) is 6.92 Å². The van der Waals surface area contributed by atoms with E-state index >= 15 is 0 Å². The van der Waals surface area contributed by atoms with Crippen LogP contribution in [0.3, 0.4) is 0 Å². The van der Waals surface area contributed by atoms with Crippen LogP contribution in [0.15, 0.2) is 0 Å². The molecule has 2 N–H and O–H groups in total. The predicted octanol–water partition coefficient (Wildman–Crippen LogP) is 1.93. The Balaban J connectivity index is 2.17. The first-order valence-corrected chi connectivity index (χ1v) is 5.00. The number of nitrogens with two attached hydrogens (primary N) is 1. The van der Waals surface area contributed by atoms with Gasteiger partial charge in [0, 0.05) is 13.2 Å². The zero-order chi connectivity index (χ0) is 8.97. The molecule has 2 nitrogen and oxygen atoms in total. The summed E-state index contributed by atoms with van der Waals surface area (Å²) in [7, 11) is 1.82. The van der Waals surface area contributed by atoms with Crippen LogP contribution in [0.1, 0.15) is 39.0 Å². The van der Waals surface area contributed by atoms with Gasteiger partial charge in [-0.25, -0.2) is 0 Å². The van der Waals surface area contributed by atoms with Crippen LogP contribution in [0, 0.1) is 5.92 Å². The van der Waals surface area contributed by atoms with Gasteiger partial charge >= 0.3 is 0 Å². The molecule has 0 aromatic carbocycles. The molecule has 0 aromatic heterocycles. The van der Waals surface area contributed by atoms with Gasteiger partial charge in [-0.05, 0) is 44.9 Å². The molecule has 12 heavy (non-hydrogen) atoms. The molecule has 2 heteroatoms. The highest BCUT2D eigenvalue weighted by Crippen LogP contribution is 2.28. The molecule has 0 saturated heterocycles. The fourth-order valence-corrected chi connectivity index (χ4v) is 2.13. The van der Waals surface area contributed by atoms with Crippen molar-refractivity contribution in [2.45, 2.75) is 51.2 Å². The first kappa shape index (κ1) is 10.0. The summed E-state index contributed by atoms with van der Waals surface area (Å²) in [6.07, 6.45) is 6.78. The highest BCUT2D eigenvalue weighted by atomic mass is 16.5. The second-order valence-electron chi connectivity index (χ2n) is 4.09. The molecule has 1 saturated carbocycles. The van der Waals surface area contributed by atoms with Crippen molar-refractivity contribution in [3.8, 4) is 0 Å². The van der Waals surface area contributed by atoms with Crippen LogP contribution in [0.2, 0.25) is 0 Å². The molecule has 0 radical (unpaired) electrons. The summed E-state index contributed by atoms with van der Waals surface area (Å²) in [6, 6.07) is 0.370. The molecule has 1 rings (SSSR count). The lowest BCUT2D eigenvalue weighted by molar-refractivity contribution is 0.0548. The van der Waals surface area contributed by atoms with Crippen molar-refractivity contribution in [2.24, 2.45) is 11.7 Å². The van der Waals surface area contributed by atoms with Gasteiger partial charge in [0.1, 0.15) is 0 Å². The highest BCUT2D eigenvalue weighted by molar-refractivity contribution is 4.74. The van der Waals surface area contributed by atoms with Crippen LogP contribution < -0.4 is 5.73 Å². The molecule has 0 heterocycles. The third-order valence-electron chi connectivity index (χ3n) is 2.83. The van der Waals surface area contributed by atoms with Gasteiger partial charge < -0.3 is 10.5 Å². The molecule has 1 aliphatic carbocycles. The second-order valence-corrected chi connectivity index (χ2v) is 4.09. The quantitative estimate of drug-likeness (QED) is 0.704. The highest BCUT2D eigenvalue weighted by Gasteiger charge is 2.21. The number of rotatable bonds is 3. The summed E-state index contributed by atoms with van der Waals surface area (Å²) in [5, 5.41) is 0. The standard InChI is InChI=1S/C10H21NO/c1-8(11)7-9-3-5-10(12-2)6-4-9/h8-10H,3-7,11H2,1-2H3. The average molecular weight is 171 g/mol. The summed E-state index contributed by atoms with van der Waals surface area (Å²) >= 11 is 0. The zero-order valence-corrected chi connectivity index (χ0v) is 8.25. The van der Waals surface area contributed by atoms with E-state index < -0.39 is 0 Å². The Hall–Kier alpha value is -0.0800. The van der Waals surface area contributed by atoms with Crippen LogP contribution in [0.25, 0.3) is 0 Å². The Morgan fingerprint density at radius 1 is 1.33 bits per heavy atom. The lowest BCUT2D eigenvalue weighted by Crippen LogP contribution is -2.25. The molecule has 1 unspecified atom stereocenters. The maximum absolute atomic E-state index is 5.76. The van der Waals surface area contributed by atoms with Gasteiger partial charge in [0.25, 0.3) is 0 Å². The van der Waals surface area contributed by atoms with Crippen molar-refractivity contribution in [2.75, 3.05) is 7.11 Å². The maximum Gasteiger partial charge on any atom is 0.0571 e. The topological polar surface area (TPSA) is 35.2 Å². The minimum Gasteiger partial charge on any atom is -0.381 e. The average Bonchev–Trinajstić information content (AvgIpc) is 2.05. The number of methoxy groups -OCH3 is 1. The van der Waals surface area contributed by atoms with E-state index in [1.54, 1.807) is 0 Å². The van der Waals surface area contributed by atoms with E-state index in [-0.39, 0.29) is 0 Å². The van der Waals surface area contributed by atoms with Gasteiger partial charge in [0.2, 0.25) is 0 Å². The van der Waals surface area contributed by atoms with E-state index in [4.69, 9.17) is 10.5 Å². The van der Waals surface area contributed by atoms with Gasteiger partial charge in [-0.1, -0.05) is 0 Å². The van der Waals surface area contributed by atoms with Crippen LogP contribution in [0.5, 0.6) is 0 Å². The van der Waals surface area contributed by atoms with Crippen molar-refractivity contribution < 1.29 is 4.74 Å². The monoisotopic (exact) mass is 171 g/mol. The smallest absolute Gasteiger partial charge is 0.0571 e. The van der Waals surface area contributed by atoms with E-state index in [1.165, 1.54) is 32.1 Å². The van der Waals surface area contributed by atoms with Crippen LogP contribution in [0.4, 0.5) is 0 Å². The van der Waals surface area contributed by atoms with Gasteiger partial charge in [0.05, 0.1) is 6.10 Å². The van der Waals surface area contributed by atoms with E-state index in [0.717, 1.165) is 5.92 Å². The molecule has 72 valence electrons. The number of hydrogen-bond donors (Lipinski definition) is 1. The SMILES string of the molecule is COC1CCC(CC(C)N)CC1. The van der Waals surface area contributed by atoms with Gasteiger partial charge in [-0.15, -0.1) is 0 Å². The van der Waals surface area contributed by atoms with Crippen molar-refractivity contribution in [1.82, 2.24) is 0 Å². The minimum atomic E-state index is 0.370. The molecule has 1 fully saturated rings. The summed E-state index contributed by atoms with van der Waals surface area (Å²) in [4.78, 5) is 0. The van der Waals surface area contributed by atoms with E-state index in [1.807, 2.05) is 7.11 Å². The van der Waals surface area contributed by atoms with Crippen LogP contribution in [-0.4, -0.2) is 19.3 Å². The molecule has 0 spiro atoms. The zero-order valence-electron chi connectivity index (χ0n) is 8.25. The van der Waals surface area contributed by atoms with E-state index in [0.29, 0.717) is 12.1 Å². The fraction of sp³-hybridized carbons (Fsp3) is 1.00. The molecule has 0 aliphatic heterocycles. The number of hydrogen-bond acceptors (Lipinski definition) is 2. The maximum atomic E-state index is 5.76. The van der Waals surface area contributed by atoms with Crippen molar-refractivity contribution in [1.29, 1.82) is 0 Å². The third kappa shape index (κ3) is 3.11. The summed E-state index contributed by atoms with van der Waals surface area (Å²) in [5.41, 5.74) is 5.76. The molecule has 0 bridgehead atoms. The fourth-order valence-electron chi connectivity index (χ4n) is 2.13. The predicted molar refractivity (Wildman–Crippen MR) is 51.0 cm³/mol. The molecule has 0 aromatic rings. The van der Waals surface area contributed by atoms with E-state index in [9.17, 15) is 0 Å². The lowest BCUT2D eigenvalue weighted by Gasteiger charge is -2.28. The largest absolute Gasteiger partial charge is 0.381 e. The van der Waals surface area contributed by atoms with Crippen LogP contribution in [-0.2, 0) is 4.74 Å². The first-order chi connectivity index (χ1) is 5.72. The summed E-state index contributed by atoms with van der Waals surface area (Å²) in [6.45, 7) is 2.10. The molecular formula is C10H21NO. The van der Waals surface area contributed by atoms with Crippen molar-refractivity contribution in [3.63, 3.8) is 0 Å². The van der Waals surface area contributed by atoms with Gasteiger partial charge in [-0.2, -0.15) is 0 Å². The summed E-state index contributed by atoms with van der Waals surface area (Å²) < 4.78 is 5.31. The van der Waals surface area contributed by atoms with Gasteiger partial charge in [0.15, 0.2) is 0 Å². The normalized spacial score (nSPS) is 33.2. The van der Waals surface area contributed by atoms with Crippen LogP contribution >= 0.6 is 0 Å². The van der Waals surface area contributed by atoms with Gasteiger partial charge in [-0.3, -0.25) is 0 Å². The Kier molecular flexibility index (Phi) is 4.02. The lowest BCUT2D eigenvalue weighted by atomic mass is 9.84. The third-order valence-corrected chi connectivity index (χ3v) is 2.83. The minimum absolute atomic E-state index is 0.370. The van der Waals surface area contributed by atoms with Crippen molar-refractivity contribution >= 4 is 0 Å². The Morgan fingerprint density at radius 2 is 1.92 bits per heavy atom. The number of ether oxygens (including phenoxy) is 1. The molecular weight excluding hydrogens is 150 g/mol. The first-order valence-electron chi connectivity index (χ1n) is 5.00. The Morgan fingerprint density at radius 3 is 2.33 bits per heavy atom. The molecule has 1 atom stereocenters. The Bertz CT molecular complexity index is 117. The molecule has 0 amide bonds.